The van der Waals surface area contributed by atoms with Gasteiger partial charge in [0.1, 0.15) is 0 Å². The normalized spacial score (nSPS) is 15.4. The Kier molecular flexibility index (Phi) is 4.48. The number of para-hydroxylation sites is 4. The van der Waals surface area contributed by atoms with E-state index < -0.39 is 0 Å². The third-order valence-corrected chi connectivity index (χ3v) is 5.97. The van der Waals surface area contributed by atoms with Crippen molar-refractivity contribution in [2.24, 2.45) is 0 Å². The SMILES string of the molecule is CCC1=CC=C(N2c3ccccc3N(c3ccc(C)cc3)c3ccccc32)CC1. The smallest absolute Gasteiger partial charge is 0.0703 e. The van der Waals surface area contributed by atoms with Gasteiger partial charge in [-0.2, -0.15) is 0 Å². The number of hydrogen-bond acceptors (Lipinski definition) is 2. The molecule has 0 bridgehead atoms. The third-order valence-electron chi connectivity index (χ3n) is 5.97. The Bertz CT molecular complexity index is 1060. The zero-order valence-electron chi connectivity index (χ0n) is 17.1. The molecular weight excluding hydrogens is 352 g/mol. The number of hydrogen-bond donors (Lipinski definition) is 0. The van der Waals surface area contributed by atoms with Crippen LogP contribution >= 0.6 is 0 Å². The van der Waals surface area contributed by atoms with Crippen LogP contribution in [0.2, 0.25) is 0 Å². The van der Waals surface area contributed by atoms with Gasteiger partial charge in [0.25, 0.3) is 0 Å². The fourth-order valence-electron chi connectivity index (χ4n) is 4.38. The van der Waals surface area contributed by atoms with Gasteiger partial charge in [-0.25, -0.2) is 0 Å². The molecule has 0 N–H and O–H groups in total. The van der Waals surface area contributed by atoms with Crippen LogP contribution in [0.5, 0.6) is 0 Å². The molecule has 0 atom stereocenters. The number of rotatable bonds is 3. The van der Waals surface area contributed by atoms with Crippen molar-refractivity contribution < 1.29 is 0 Å². The van der Waals surface area contributed by atoms with Crippen LogP contribution in [-0.2, 0) is 0 Å². The summed E-state index contributed by atoms with van der Waals surface area (Å²) in [6, 6.07) is 26.3. The summed E-state index contributed by atoms with van der Waals surface area (Å²) in [5.41, 5.74) is 10.3. The first-order valence-corrected chi connectivity index (χ1v) is 10.5. The topological polar surface area (TPSA) is 6.48 Å². The lowest BCUT2D eigenvalue weighted by molar-refractivity contribution is 0.835. The van der Waals surface area contributed by atoms with E-state index in [1.165, 1.54) is 45.3 Å². The van der Waals surface area contributed by atoms with E-state index in [1.54, 1.807) is 0 Å². The molecule has 5 rings (SSSR count). The van der Waals surface area contributed by atoms with Gasteiger partial charge in [0.2, 0.25) is 0 Å². The molecule has 29 heavy (non-hydrogen) atoms. The average molecular weight is 379 g/mol. The van der Waals surface area contributed by atoms with E-state index in [4.69, 9.17) is 0 Å². The number of allylic oxidation sites excluding steroid dienone is 4. The number of aryl methyl sites for hydroxylation is 1. The van der Waals surface area contributed by atoms with Gasteiger partial charge in [-0.3, -0.25) is 0 Å². The summed E-state index contributed by atoms with van der Waals surface area (Å²) in [4.78, 5) is 4.84. The Labute approximate surface area is 173 Å². The molecule has 0 saturated heterocycles. The minimum absolute atomic E-state index is 1.08. The predicted octanol–water partition coefficient (Wildman–Crippen LogP) is 7.93. The first-order chi connectivity index (χ1) is 14.3. The summed E-state index contributed by atoms with van der Waals surface area (Å²) < 4.78 is 0. The molecule has 0 unspecified atom stereocenters. The molecule has 0 fully saturated rings. The standard InChI is InChI=1S/C27H26N2/c1-3-21-14-18-23(19-15-21)29-26-10-6-4-8-24(26)28(22-16-12-20(2)13-17-22)25-9-5-7-11-27(25)29/h4-14,16-18H,3,15,19H2,1-2H3. The lowest BCUT2D eigenvalue weighted by atomic mass is 9.97. The Balaban J connectivity index is 1.71. The quantitative estimate of drug-likeness (QED) is 0.456. The van der Waals surface area contributed by atoms with Crippen molar-refractivity contribution in [3.8, 4) is 0 Å². The second-order valence-corrected chi connectivity index (χ2v) is 7.82. The van der Waals surface area contributed by atoms with Crippen LogP contribution in [0.4, 0.5) is 28.4 Å². The largest absolute Gasteiger partial charge is 0.310 e. The molecule has 0 saturated carbocycles. The highest BCUT2D eigenvalue weighted by Crippen LogP contribution is 2.53. The van der Waals surface area contributed by atoms with Crippen LogP contribution in [-0.4, -0.2) is 0 Å². The van der Waals surface area contributed by atoms with Crippen LogP contribution in [0.15, 0.2) is 96.2 Å². The molecule has 3 aromatic carbocycles. The summed E-state index contributed by atoms with van der Waals surface area (Å²) in [5, 5.41) is 0. The summed E-state index contributed by atoms with van der Waals surface area (Å²) in [7, 11) is 0. The molecule has 0 aromatic heterocycles. The zero-order valence-corrected chi connectivity index (χ0v) is 17.1. The number of nitrogens with zero attached hydrogens (tertiary/aromatic N) is 2. The van der Waals surface area contributed by atoms with E-state index in [-0.39, 0.29) is 0 Å². The van der Waals surface area contributed by atoms with Crippen LogP contribution in [0, 0.1) is 6.92 Å². The molecule has 0 amide bonds. The van der Waals surface area contributed by atoms with Gasteiger partial charge in [-0.05, 0) is 68.7 Å². The lowest BCUT2D eigenvalue weighted by Crippen LogP contribution is -2.27. The van der Waals surface area contributed by atoms with Crippen molar-refractivity contribution in [3.63, 3.8) is 0 Å². The van der Waals surface area contributed by atoms with E-state index in [9.17, 15) is 0 Å². The summed E-state index contributed by atoms with van der Waals surface area (Å²) in [6.45, 7) is 4.38. The molecule has 0 spiro atoms. The molecule has 0 radical (unpaired) electrons. The zero-order chi connectivity index (χ0) is 19.8. The van der Waals surface area contributed by atoms with Crippen LogP contribution in [0.3, 0.4) is 0 Å². The predicted molar refractivity (Wildman–Crippen MR) is 124 cm³/mol. The molecular formula is C27H26N2. The van der Waals surface area contributed by atoms with Crippen LogP contribution < -0.4 is 9.80 Å². The van der Waals surface area contributed by atoms with Gasteiger partial charge in [-0.1, -0.05) is 60.5 Å². The third kappa shape index (κ3) is 3.05. The maximum absolute atomic E-state index is 2.46. The molecule has 2 heteroatoms. The first-order valence-electron chi connectivity index (χ1n) is 10.5. The number of fused-ring (bicyclic) bond motifs is 2. The van der Waals surface area contributed by atoms with Crippen LogP contribution in [0.1, 0.15) is 31.7 Å². The van der Waals surface area contributed by atoms with Gasteiger partial charge in [-0.15, -0.1) is 0 Å². The highest BCUT2D eigenvalue weighted by Gasteiger charge is 2.31. The highest BCUT2D eigenvalue weighted by molar-refractivity contribution is 5.99. The van der Waals surface area contributed by atoms with E-state index in [1.807, 2.05) is 0 Å². The fourth-order valence-corrected chi connectivity index (χ4v) is 4.38. The summed E-state index contributed by atoms with van der Waals surface area (Å²) >= 11 is 0. The maximum atomic E-state index is 2.46. The average Bonchev–Trinajstić information content (AvgIpc) is 2.78. The van der Waals surface area contributed by atoms with Crippen molar-refractivity contribution in [1.82, 2.24) is 0 Å². The van der Waals surface area contributed by atoms with E-state index in [0.717, 1.165) is 19.3 Å². The van der Waals surface area contributed by atoms with Gasteiger partial charge in [0.15, 0.2) is 0 Å². The Morgan fingerprint density at radius 2 is 1.21 bits per heavy atom. The highest BCUT2D eigenvalue weighted by atomic mass is 15.3. The Morgan fingerprint density at radius 3 is 1.69 bits per heavy atom. The maximum Gasteiger partial charge on any atom is 0.0703 e. The van der Waals surface area contributed by atoms with Crippen molar-refractivity contribution in [2.45, 2.75) is 33.1 Å². The summed E-state index contributed by atoms with van der Waals surface area (Å²) in [6.07, 6.45) is 7.99. The minimum atomic E-state index is 1.08. The molecule has 1 heterocycles. The summed E-state index contributed by atoms with van der Waals surface area (Å²) in [5.74, 6) is 0. The van der Waals surface area contributed by atoms with E-state index >= 15 is 0 Å². The van der Waals surface area contributed by atoms with Gasteiger partial charge in [0, 0.05) is 11.4 Å². The monoisotopic (exact) mass is 378 g/mol. The van der Waals surface area contributed by atoms with Crippen LogP contribution in [0.25, 0.3) is 0 Å². The van der Waals surface area contributed by atoms with Crippen molar-refractivity contribution >= 4 is 28.4 Å². The molecule has 144 valence electrons. The Morgan fingerprint density at radius 1 is 0.655 bits per heavy atom. The van der Waals surface area contributed by atoms with Crippen molar-refractivity contribution in [1.29, 1.82) is 0 Å². The molecule has 2 aliphatic rings. The van der Waals surface area contributed by atoms with E-state index in [2.05, 4.69) is 109 Å². The Hall–Kier alpha value is -3.26. The molecule has 1 aliphatic carbocycles. The number of anilines is 5. The van der Waals surface area contributed by atoms with Crippen molar-refractivity contribution in [2.75, 3.05) is 9.80 Å². The lowest BCUT2D eigenvalue weighted by Gasteiger charge is -2.41. The first kappa shape index (κ1) is 17.8. The second kappa shape index (κ2) is 7.29. The molecule has 1 aliphatic heterocycles. The van der Waals surface area contributed by atoms with Crippen molar-refractivity contribution in [3.05, 3.63) is 102 Å². The fraction of sp³-hybridized carbons (Fsp3) is 0.185. The molecule has 3 aromatic rings. The van der Waals surface area contributed by atoms with Gasteiger partial charge < -0.3 is 9.80 Å². The number of benzene rings is 3. The van der Waals surface area contributed by atoms with Gasteiger partial charge >= 0.3 is 0 Å². The van der Waals surface area contributed by atoms with Gasteiger partial charge in [0.05, 0.1) is 22.7 Å². The molecule has 2 nitrogen and oxygen atoms in total. The minimum Gasteiger partial charge on any atom is -0.310 e. The van der Waals surface area contributed by atoms with E-state index in [0.29, 0.717) is 0 Å². The second-order valence-electron chi connectivity index (χ2n) is 7.82.